The fourth-order valence-electron chi connectivity index (χ4n) is 1.87. The Balaban J connectivity index is 2.81. The van der Waals surface area contributed by atoms with Gasteiger partial charge in [0.15, 0.2) is 0 Å². The van der Waals surface area contributed by atoms with Gasteiger partial charge in [0.25, 0.3) is 5.69 Å². The highest BCUT2D eigenvalue weighted by atomic mass is 19.4. The van der Waals surface area contributed by atoms with Crippen LogP contribution < -0.4 is 5.32 Å². The van der Waals surface area contributed by atoms with E-state index in [4.69, 9.17) is 10.5 Å². The van der Waals surface area contributed by atoms with Crippen LogP contribution in [0, 0.1) is 32.8 Å². The van der Waals surface area contributed by atoms with Gasteiger partial charge in [-0.3, -0.25) is 14.9 Å². The van der Waals surface area contributed by atoms with E-state index in [1.807, 2.05) is 0 Å². The van der Waals surface area contributed by atoms with E-state index < -0.39 is 28.3 Å². The summed E-state index contributed by atoms with van der Waals surface area (Å²) in [5.41, 5.74) is -2.10. The predicted molar refractivity (Wildman–Crippen MR) is 79.0 cm³/mol. The number of nitrogens with zero attached hydrogens (tertiary/aromatic N) is 4. The first-order chi connectivity index (χ1) is 11.7. The first kappa shape index (κ1) is 19.7. The third-order valence-corrected chi connectivity index (χ3v) is 3.05. The lowest BCUT2D eigenvalue weighted by Crippen LogP contribution is -2.32. The van der Waals surface area contributed by atoms with Gasteiger partial charge in [0, 0.05) is 19.0 Å². The number of anilines is 1. The molecule has 0 aromatic heterocycles. The summed E-state index contributed by atoms with van der Waals surface area (Å²) in [6, 6.07) is 5.45. The molecule has 0 fully saturated rings. The summed E-state index contributed by atoms with van der Waals surface area (Å²) in [5, 5.41) is 30.6. The van der Waals surface area contributed by atoms with Crippen molar-refractivity contribution in [3.05, 3.63) is 33.9 Å². The van der Waals surface area contributed by atoms with Gasteiger partial charge in [0.2, 0.25) is 5.91 Å². The average molecular weight is 355 g/mol. The van der Waals surface area contributed by atoms with Gasteiger partial charge in [0.05, 0.1) is 22.6 Å². The zero-order chi connectivity index (χ0) is 19.0. The Hall–Kier alpha value is -3.34. The van der Waals surface area contributed by atoms with Crippen molar-refractivity contribution in [2.45, 2.75) is 12.6 Å². The minimum atomic E-state index is -4.71. The molecule has 0 heterocycles. The van der Waals surface area contributed by atoms with Crippen LogP contribution in [0.5, 0.6) is 0 Å². The summed E-state index contributed by atoms with van der Waals surface area (Å²) in [6.07, 6.45) is -4.91. The molecule has 11 heteroatoms. The summed E-state index contributed by atoms with van der Waals surface area (Å²) in [4.78, 5) is 22.8. The topological polar surface area (TPSA) is 123 Å². The molecule has 0 saturated heterocycles. The highest BCUT2D eigenvalue weighted by Gasteiger charge is 2.33. The molecule has 0 aliphatic heterocycles. The van der Waals surface area contributed by atoms with Crippen molar-refractivity contribution >= 4 is 17.3 Å². The Kier molecular flexibility index (Phi) is 6.70. The number of hydrogen-bond acceptors (Lipinski definition) is 6. The molecule has 0 bridgehead atoms. The van der Waals surface area contributed by atoms with E-state index in [1.54, 1.807) is 12.1 Å². The van der Waals surface area contributed by atoms with E-state index >= 15 is 0 Å². The fourth-order valence-corrected chi connectivity index (χ4v) is 1.87. The Morgan fingerprint density at radius 3 is 2.36 bits per heavy atom. The molecule has 8 nitrogen and oxygen atoms in total. The van der Waals surface area contributed by atoms with Crippen LogP contribution in [0.2, 0.25) is 0 Å². The van der Waals surface area contributed by atoms with Crippen LogP contribution in [0.25, 0.3) is 0 Å². The minimum absolute atomic E-state index is 0.113. The second-order valence-electron chi connectivity index (χ2n) is 4.73. The third-order valence-electron chi connectivity index (χ3n) is 3.05. The summed E-state index contributed by atoms with van der Waals surface area (Å²) in [5.74, 6) is -0.537. The van der Waals surface area contributed by atoms with Gasteiger partial charge in [-0.25, -0.2) is 0 Å². The normalized spacial score (nSPS) is 10.4. The van der Waals surface area contributed by atoms with Crippen LogP contribution in [-0.4, -0.2) is 35.4 Å². The summed E-state index contributed by atoms with van der Waals surface area (Å²) in [6.45, 7) is -0.683. The molecule has 1 N–H and O–H groups in total. The molecule has 0 radical (unpaired) electrons. The van der Waals surface area contributed by atoms with Crippen LogP contribution in [0.4, 0.5) is 24.5 Å². The zero-order valence-corrected chi connectivity index (χ0v) is 12.7. The molecular formula is C14H12F3N5O3. The predicted octanol–water partition coefficient (Wildman–Crippen LogP) is 2.29. The van der Waals surface area contributed by atoms with Crippen LogP contribution >= 0.6 is 0 Å². The maximum atomic E-state index is 12.6. The maximum absolute atomic E-state index is 12.6. The molecule has 1 rings (SSSR count). The van der Waals surface area contributed by atoms with E-state index in [0.717, 1.165) is 11.0 Å². The number of amides is 1. The number of rotatable bonds is 7. The lowest BCUT2D eigenvalue weighted by Gasteiger charge is -2.16. The van der Waals surface area contributed by atoms with E-state index in [-0.39, 0.29) is 31.7 Å². The number of nitriles is 2. The van der Waals surface area contributed by atoms with Crippen molar-refractivity contribution in [3.63, 3.8) is 0 Å². The molecule has 1 aromatic carbocycles. The molecule has 25 heavy (non-hydrogen) atoms. The number of hydrogen-bond donors (Lipinski definition) is 1. The van der Waals surface area contributed by atoms with E-state index in [1.165, 1.54) is 0 Å². The number of nitrogens with one attached hydrogen (secondary N) is 1. The first-order valence-electron chi connectivity index (χ1n) is 6.82. The van der Waals surface area contributed by atoms with Gasteiger partial charge in [-0.2, -0.15) is 23.7 Å². The van der Waals surface area contributed by atoms with Crippen molar-refractivity contribution in [2.75, 3.05) is 25.0 Å². The SMILES string of the molecule is N#CCN(CC#N)C(=O)CCNc1ccc(C(F)(F)F)cc1[N+](=O)[O-]. The van der Waals surface area contributed by atoms with Gasteiger partial charge in [-0.05, 0) is 12.1 Å². The van der Waals surface area contributed by atoms with Crippen LogP contribution in [0.3, 0.4) is 0 Å². The number of alkyl halides is 3. The van der Waals surface area contributed by atoms with Crippen molar-refractivity contribution in [1.82, 2.24) is 4.90 Å². The molecule has 1 amide bonds. The van der Waals surface area contributed by atoms with Crippen molar-refractivity contribution in [1.29, 1.82) is 10.5 Å². The molecule has 132 valence electrons. The standard InChI is InChI=1S/C14H12F3N5O3/c15-14(16,17)10-1-2-11(12(9-10)22(24)25)20-6-3-13(23)21(7-4-18)8-5-19/h1-2,9,20H,3,6-8H2. The smallest absolute Gasteiger partial charge is 0.379 e. The lowest BCUT2D eigenvalue weighted by atomic mass is 10.1. The molecule has 0 aliphatic rings. The largest absolute Gasteiger partial charge is 0.416 e. The van der Waals surface area contributed by atoms with Crippen molar-refractivity contribution < 1.29 is 22.9 Å². The minimum Gasteiger partial charge on any atom is -0.379 e. The molecule has 0 atom stereocenters. The van der Waals surface area contributed by atoms with Gasteiger partial charge in [-0.1, -0.05) is 0 Å². The Bertz CT molecular complexity index is 721. The molecule has 0 spiro atoms. The van der Waals surface area contributed by atoms with Crippen LogP contribution in [0.1, 0.15) is 12.0 Å². The number of nitro benzene ring substituents is 1. The summed E-state index contributed by atoms with van der Waals surface area (Å²) < 4.78 is 37.8. The Morgan fingerprint density at radius 1 is 1.28 bits per heavy atom. The van der Waals surface area contributed by atoms with Gasteiger partial charge >= 0.3 is 6.18 Å². The molecular weight excluding hydrogens is 343 g/mol. The van der Waals surface area contributed by atoms with Gasteiger partial charge < -0.3 is 10.2 Å². The lowest BCUT2D eigenvalue weighted by molar-refractivity contribution is -0.384. The van der Waals surface area contributed by atoms with Crippen molar-refractivity contribution in [2.24, 2.45) is 0 Å². The second kappa shape index (κ2) is 8.49. The second-order valence-corrected chi connectivity index (χ2v) is 4.73. The molecule has 0 saturated carbocycles. The molecule has 1 aromatic rings. The van der Waals surface area contributed by atoms with Crippen LogP contribution in [0.15, 0.2) is 18.2 Å². The van der Waals surface area contributed by atoms with Crippen LogP contribution in [-0.2, 0) is 11.0 Å². The Morgan fingerprint density at radius 2 is 1.88 bits per heavy atom. The number of benzene rings is 1. The number of halogens is 3. The third kappa shape index (κ3) is 5.66. The first-order valence-corrected chi connectivity index (χ1v) is 6.82. The summed E-state index contributed by atoms with van der Waals surface area (Å²) >= 11 is 0. The monoisotopic (exact) mass is 355 g/mol. The number of nitro groups is 1. The van der Waals surface area contributed by atoms with E-state index in [2.05, 4.69) is 5.32 Å². The molecule has 0 unspecified atom stereocenters. The van der Waals surface area contributed by atoms with Crippen molar-refractivity contribution in [3.8, 4) is 12.1 Å². The number of carbonyl (C=O) groups is 1. The van der Waals surface area contributed by atoms with E-state index in [0.29, 0.717) is 12.1 Å². The van der Waals surface area contributed by atoms with Gasteiger partial charge in [0.1, 0.15) is 18.8 Å². The number of carbonyl (C=O) groups excluding carboxylic acids is 1. The maximum Gasteiger partial charge on any atom is 0.416 e. The molecule has 0 aliphatic carbocycles. The quantitative estimate of drug-likeness (QED) is 0.455. The zero-order valence-electron chi connectivity index (χ0n) is 12.7. The van der Waals surface area contributed by atoms with Gasteiger partial charge in [-0.15, -0.1) is 0 Å². The summed E-state index contributed by atoms with van der Waals surface area (Å²) in [7, 11) is 0. The Labute approximate surface area is 140 Å². The highest BCUT2D eigenvalue weighted by molar-refractivity contribution is 5.77. The highest BCUT2D eigenvalue weighted by Crippen LogP contribution is 2.34. The van der Waals surface area contributed by atoms with E-state index in [9.17, 15) is 28.1 Å². The average Bonchev–Trinajstić information content (AvgIpc) is 2.53. The fraction of sp³-hybridized carbons (Fsp3) is 0.357.